The number of ether oxygens (including phenoxy) is 2. The smallest absolute Gasteiger partial charge is 0.344 e. The third-order valence-corrected chi connectivity index (χ3v) is 4.39. The fourth-order valence-electron chi connectivity index (χ4n) is 3.13. The Hall–Kier alpha value is -3.61. The first-order valence-corrected chi connectivity index (χ1v) is 9.26. The highest BCUT2D eigenvalue weighted by atomic mass is 16.6. The van der Waals surface area contributed by atoms with Crippen molar-refractivity contribution >= 4 is 23.5 Å². The number of esters is 1. The highest BCUT2D eigenvalue weighted by Crippen LogP contribution is 2.32. The van der Waals surface area contributed by atoms with Crippen LogP contribution in [-0.4, -0.2) is 31.0 Å². The van der Waals surface area contributed by atoms with Crippen LogP contribution in [0, 0.1) is 0 Å². The normalized spacial score (nSPS) is 15.9. The highest BCUT2D eigenvalue weighted by Gasteiger charge is 2.31. The van der Waals surface area contributed by atoms with E-state index < -0.39 is 12.0 Å². The number of carbonyl (C=O) groups excluding carboxylic acids is 3. The van der Waals surface area contributed by atoms with E-state index in [1.165, 1.54) is 6.92 Å². The molecule has 1 unspecified atom stereocenters. The van der Waals surface area contributed by atoms with Gasteiger partial charge in [-0.15, -0.1) is 0 Å². The molecule has 150 valence electrons. The van der Waals surface area contributed by atoms with Crippen LogP contribution in [0.3, 0.4) is 0 Å². The number of carbonyl (C=O) groups is 3. The lowest BCUT2D eigenvalue weighted by Gasteiger charge is -2.29. The molecule has 2 N–H and O–H groups in total. The maximum absolute atomic E-state index is 12.5. The van der Waals surface area contributed by atoms with Crippen LogP contribution in [0.15, 0.2) is 60.2 Å². The number of rotatable bonds is 7. The molecule has 0 bridgehead atoms. The summed E-state index contributed by atoms with van der Waals surface area (Å²) in [7, 11) is 0. The van der Waals surface area contributed by atoms with Gasteiger partial charge in [-0.25, -0.2) is 9.59 Å². The number of nitrogens with one attached hydrogen (secondary N) is 2. The summed E-state index contributed by atoms with van der Waals surface area (Å²) < 4.78 is 10.2. The van der Waals surface area contributed by atoms with E-state index in [2.05, 4.69) is 10.6 Å². The standard InChI is InChI=1S/C22H22N2O5/c1-3-28-18(26)13-29-17-11-9-16(10-12-17)21-19(14(2)25)20(23-22(27)24-21)15-7-5-4-6-8-15/h4-12,21H,3,13H2,1-2H3,(H2,23,24,27). The van der Waals surface area contributed by atoms with Gasteiger partial charge in [-0.05, 0) is 37.1 Å². The summed E-state index contributed by atoms with van der Waals surface area (Å²) in [6.45, 7) is 3.31. The lowest BCUT2D eigenvalue weighted by molar-refractivity contribution is -0.145. The fraction of sp³-hybridized carbons (Fsp3) is 0.227. The van der Waals surface area contributed by atoms with Crippen molar-refractivity contribution < 1.29 is 23.9 Å². The zero-order chi connectivity index (χ0) is 20.8. The van der Waals surface area contributed by atoms with Gasteiger partial charge in [0.15, 0.2) is 12.4 Å². The van der Waals surface area contributed by atoms with Crippen LogP contribution < -0.4 is 15.4 Å². The second kappa shape index (κ2) is 9.05. The van der Waals surface area contributed by atoms with Crippen LogP contribution in [0.4, 0.5) is 4.79 Å². The quantitative estimate of drug-likeness (QED) is 0.704. The highest BCUT2D eigenvalue weighted by molar-refractivity contribution is 6.06. The van der Waals surface area contributed by atoms with Crippen molar-refractivity contribution in [3.05, 3.63) is 71.3 Å². The number of benzene rings is 2. The van der Waals surface area contributed by atoms with Crippen molar-refractivity contribution in [2.45, 2.75) is 19.9 Å². The number of urea groups is 1. The SMILES string of the molecule is CCOC(=O)COc1ccc(C2NC(=O)NC(c3ccccc3)=C2C(C)=O)cc1. The van der Waals surface area contributed by atoms with E-state index >= 15 is 0 Å². The zero-order valence-corrected chi connectivity index (χ0v) is 16.2. The molecule has 0 fully saturated rings. The van der Waals surface area contributed by atoms with E-state index in [9.17, 15) is 14.4 Å². The minimum absolute atomic E-state index is 0.149. The van der Waals surface area contributed by atoms with Crippen molar-refractivity contribution in [1.82, 2.24) is 10.6 Å². The van der Waals surface area contributed by atoms with Gasteiger partial charge in [0, 0.05) is 5.57 Å². The molecule has 1 heterocycles. The van der Waals surface area contributed by atoms with E-state index in [0.717, 1.165) is 11.1 Å². The van der Waals surface area contributed by atoms with Gasteiger partial charge in [0.25, 0.3) is 0 Å². The van der Waals surface area contributed by atoms with Crippen LogP contribution in [0.1, 0.15) is 31.0 Å². The molecule has 7 nitrogen and oxygen atoms in total. The first-order chi connectivity index (χ1) is 14.0. The molecule has 2 aromatic rings. The molecule has 1 aliphatic heterocycles. The second-order valence-electron chi connectivity index (χ2n) is 6.41. The van der Waals surface area contributed by atoms with Crippen LogP contribution in [0.25, 0.3) is 5.70 Å². The average molecular weight is 394 g/mol. The van der Waals surface area contributed by atoms with Gasteiger partial charge in [-0.1, -0.05) is 42.5 Å². The molecule has 3 rings (SSSR count). The molecule has 0 saturated heterocycles. The van der Waals surface area contributed by atoms with Gasteiger partial charge in [-0.3, -0.25) is 4.79 Å². The van der Waals surface area contributed by atoms with E-state index in [0.29, 0.717) is 23.6 Å². The van der Waals surface area contributed by atoms with Gasteiger partial charge < -0.3 is 20.1 Å². The van der Waals surface area contributed by atoms with Gasteiger partial charge in [0.1, 0.15) is 5.75 Å². The summed E-state index contributed by atoms with van der Waals surface area (Å²) in [5, 5.41) is 5.56. The third-order valence-electron chi connectivity index (χ3n) is 4.39. The minimum atomic E-state index is -0.601. The molecular weight excluding hydrogens is 372 g/mol. The van der Waals surface area contributed by atoms with Crippen LogP contribution >= 0.6 is 0 Å². The maximum Gasteiger partial charge on any atom is 0.344 e. The summed E-state index contributed by atoms with van der Waals surface area (Å²) in [6, 6.07) is 15.1. The van der Waals surface area contributed by atoms with Crippen LogP contribution in [-0.2, 0) is 14.3 Å². The Bertz CT molecular complexity index is 935. The molecule has 0 spiro atoms. The Labute approximate surface area is 168 Å². The Kier molecular flexibility index (Phi) is 6.29. The Morgan fingerprint density at radius 1 is 1.03 bits per heavy atom. The molecular formula is C22H22N2O5. The number of hydrogen-bond acceptors (Lipinski definition) is 5. The maximum atomic E-state index is 12.5. The first kappa shape index (κ1) is 20.1. The number of ketones is 1. The first-order valence-electron chi connectivity index (χ1n) is 9.26. The summed E-state index contributed by atoms with van der Waals surface area (Å²) in [6.07, 6.45) is 0. The van der Waals surface area contributed by atoms with Crippen LogP contribution in [0.2, 0.25) is 0 Å². The molecule has 7 heteroatoms. The lowest BCUT2D eigenvalue weighted by atomic mass is 9.90. The molecule has 0 saturated carbocycles. The van der Waals surface area contributed by atoms with Crippen LogP contribution in [0.5, 0.6) is 5.75 Å². The molecule has 0 aliphatic carbocycles. The lowest BCUT2D eigenvalue weighted by Crippen LogP contribution is -2.44. The predicted octanol–water partition coefficient (Wildman–Crippen LogP) is 2.98. The van der Waals surface area contributed by atoms with Crippen molar-refractivity contribution in [3.63, 3.8) is 0 Å². The van der Waals surface area contributed by atoms with Gasteiger partial charge >= 0.3 is 12.0 Å². The van der Waals surface area contributed by atoms with Gasteiger partial charge in [0.05, 0.1) is 18.3 Å². The predicted molar refractivity (Wildman–Crippen MR) is 107 cm³/mol. The molecule has 0 radical (unpaired) electrons. The largest absolute Gasteiger partial charge is 0.482 e. The minimum Gasteiger partial charge on any atom is -0.482 e. The number of Topliss-reactive ketones (excluding diaryl/α,β-unsaturated/α-hetero) is 1. The van der Waals surface area contributed by atoms with Crippen molar-refractivity contribution in [3.8, 4) is 5.75 Å². The van der Waals surface area contributed by atoms with Crippen molar-refractivity contribution in [2.24, 2.45) is 0 Å². The summed E-state index contributed by atoms with van der Waals surface area (Å²) in [4.78, 5) is 36.1. The zero-order valence-electron chi connectivity index (χ0n) is 16.2. The molecule has 1 atom stereocenters. The average Bonchev–Trinajstić information content (AvgIpc) is 2.72. The molecule has 2 aromatic carbocycles. The van der Waals surface area contributed by atoms with Gasteiger partial charge in [-0.2, -0.15) is 0 Å². The van der Waals surface area contributed by atoms with Crippen molar-refractivity contribution in [1.29, 1.82) is 0 Å². The summed E-state index contributed by atoms with van der Waals surface area (Å²) in [5.74, 6) is -0.112. The fourth-order valence-corrected chi connectivity index (χ4v) is 3.13. The molecule has 29 heavy (non-hydrogen) atoms. The Balaban J connectivity index is 1.89. The summed E-state index contributed by atoms with van der Waals surface area (Å²) >= 11 is 0. The molecule has 1 aliphatic rings. The molecule has 0 aromatic heterocycles. The monoisotopic (exact) mass is 394 g/mol. The Morgan fingerprint density at radius 2 is 1.72 bits per heavy atom. The third kappa shape index (κ3) is 4.82. The molecule has 2 amide bonds. The number of amides is 2. The second-order valence-corrected chi connectivity index (χ2v) is 6.41. The number of hydrogen-bond donors (Lipinski definition) is 2. The summed E-state index contributed by atoms with van der Waals surface area (Å²) in [5.41, 5.74) is 2.44. The van der Waals surface area contributed by atoms with E-state index in [-0.39, 0.29) is 18.4 Å². The van der Waals surface area contributed by atoms with E-state index in [1.54, 1.807) is 31.2 Å². The van der Waals surface area contributed by atoms with E-state index in [1.807, 2.05) is 30.3 Å². The van der Waals surface area contributed by atoms with E-state index in [4.69, 9.17) is 9.47 Å². The van der Waals surface area contributed by atoms with Crippen molar-refractivity contribution in [2.75, 3.05) is 13.2 Å². The topological polar surface area (TPSA) is 93.7 Å². The Morgan fingerprint density at radius 3 is 2.34 bits per heavy atom. The van der Waals surface area contributed by atoms with Gasteiger partial charge in [0.2, 0.25) is 0 Å².